The largest absolute Gasteiger partial charge is 0.455 e. The second-order valence-corrected chi connectivity index (χ2v) is 16.3. The zero-order chi connectivity index (χ0) is 39.3. The zero-order valence-electron chi connectivity index (χ0n) is 31.9. The minimum absolute atomic E-state index is 0.0416. The lowest BCUT2D eigenvalue weighted by molar-refractivity contribution is -0.163. The summed E-state index contributed by atoms with van der Waals surface area (Å²) in [6.45, 7) is 15.3. The molecule has 3 saturated heterocycles. The first-order chi connectivity index (χ1) is 25.8. The number of carbonyl (C=O) groups is 4. The fourth-order valence-electron chi connectivity index (χ4n) is 8.55. The molecule has 12 heteroatoms. The number of halogens is 1. The summed E-state index contributed by atoms with van der Waals surface area (Å²) < 4.78 is 18.7. The van der Waals surface area contributed by atoms with Gasteiger partial charge in [0, 0.05) is 30.6 Å². The molecule has 292 valence electrons. The van der Waals surface area contributed by atoms with Crippen molar-refractivity contribution < 1.29 is 38.5 Å². The maximum atomic E-state index is 15.2. The van der Waals surface area contributed by atoms with Crippen molar-refractivity contribution >= 4 is 45.3 Å². The Morgan fingerprint density at radius 3 is 2.50 bits per heavy atom. The molecule has 0 aliphatic carbocycles. The first-order valence-electron chi connectivity index (χ1n) is 18.7. The normalized spacial score (nSPS) is 25.9. The first kappa shape index (κ1) is 41.3. The molecule has 1 unspecified atom stereocenters. The van der Waals surface area contributed by atoms with Crippen LogP contribution in [0.25, 0.3) is 0 Å². The Morgan fingerprint density at radius 1 is 1.15 bits per heavy atom. The number of ether oxygens (including phenoxy) is 3. The number of likely N-dealkylation sites (tertiary alicyclic amines) is 1. The van der Waals surface area contributed by atoms with Crippen LogP contribution in [0.4, 0.5) is 5.69 Å². The number of fused-ring (bicyclic) bond motifs is 1. The molecule has 3 heterocycles. The standard InChI is InChI=1S/C42H54BrN3O8/c1-8-10-16-33(48)44-31(24-52-7)36(28-14-12-11-13-15-28)53-41(51)34-35-39(49)46(29(23-47)20-25(3)4)38(42(35)22-30(43)37(34)54-42)40(50)45(19-9-2)32-21-26(5)17-18-27(32)6/h8-9,11-15,17-18,21,25,29-31,34-38,47H,1-2,10,16,19-20,22-24H2,3-7H3,(H,44,48)/t29-,30?,31-,34-,35+,36-,37-,38-,42+/m1/s1. The highest BCUT2D eigenvalue weighted by atomic mass is 79.9. The number of hydrogen-bond donors (Lipinski definition) is 2. The molecule has 2 N–H and O–H groups in total. The van der Waals surface area contributed by atoms with Crippen LogP contribution in [-0.2, 0) is 33.4 Å². The SMILES string of the molecule is C=CCCC(=O)N[C@H](COC)[C@H](OC(=O)[C@H]1[C@@H]2O[C@@]3(CC2Br)[C@@H]1C(=O)N([C@@H](CO)CC(C)C)[C@@H]3C(=O)N(CC=C)c1cc(C)ccc1C)c1ccccc1. The lowest BCUT2D eigenvalue weighted by Crippen LogP contribution is -2.59. The second kappa shape index (κ2) is 17.7. The predicted molar refractivity (Wildman–Crippen MR) is 210 cm³/mol. The number of alkyl halides is 1. The second-order valence-electron chi connectivity index (χ2n) is 15.1. The topological polar surface area (TPSA) is 135 Å². The smallest absolute Gasteiger partial charge is 0.313 e. The molecule has 11 nitrogen and oxygen atoms in total. The summed E-state index contributed by atoms with van der Waals surface area (Å²) >= 11 is 3.76. The van der Waals surface area contributed by atoms with Gasteiger partial charge in [-0.2, -0.15) is 0 Å². The monoisotopic (exact) mass is 807 g/mol. The van der Waals surface area contributed by atoms with Gasteiger partial charge in [0.15, 0.2) is 0 Å². The number of aliphatic hydroxyl groups excluding tert-OH is 1. The molecule has 54 heavy (non-hydrogen) atoms. The van der Waals surface area contributed by atoms with Crippen LogP contribution in [-0.4, -0.2) is 95.2 Å². The number of nitrogens with zero attached hydrogens (tertiary/aromatic N) is 2. The highest BCUT2D eigenvalue weighted by Crippen LogP contribution is 2.61. The van der Waals surface area contributed by atoms with E-state index in [4.69, 9.17) is 14.2 Å². The van der Waals surface area contributed by atoms with Crippen molar-refractivity contribution in [1.29, 1.82) is 0 Å². The molecule has 3 amide bonds. The van der Waals surface area contributed by atoms with Gasteiger partial charge in [0.1, 0.15) is 17.7 Å². The van der Waals surface area contributed by atoms with Crippen molar-refractivity contribution in [2.24, 2.45) is 17.8 Å². The summed E-state index contributed by atoms with van der Waals surface area (Å²) in [4.78, 5) is 60.6. The van der Waals surface area contributed by atoms with Crippen LogP contribution in [0, 0.1) is 31.6 Å². The molecule has 1 spiro atoms. The van der Waals surface area contributed by atoms with E-state index in [-0.39, 0.29) is 55.2 Å². The molecule has 2 bridgehead atoms. The van der Waals surface area contributed by atoms with Gasteiger partial charge < -0.3 is 34.4 Å². The Morgan fingerprint density at radius 2 is 1.87 bits per heavy atom. The first-order valence-corrected chi connectivity index (χ1v) is 19.6. The maximum absolute atomic E-state index is 15.2. The Kier molecular flexibility index (Phi) is 13.6. The lowest BCUT2D eigenvalue weighted by Gasteiger charge is -2.40. The van der Waals surface area contributed by atoms with Crippen molar-refractivity contribution in [3.05, 3.63) is 90.5 Å². The molecule has 2 aromatic rings. The van der Waals surface area contributed by atoms with Gasteiger partial charge in [0.2, 0.25) is 11.8 Å². The number of methoxy groups -OCH3 is 1. The summed E-state index contributed by atoms with van der Waals surface area (Å²) in [5, 5.41) is 13.8. The van der Waals surface area contributed by atoms with Crippen LogP contribution >= 0.6 is 15.9 Å². The third-order valence-electron chi connectivity index (χ3n) is 10.8. The Hall–Kier alpha value is -3.84. The minimum atomic E-state index is -1.40. The number of aliphatic hydroxyl groups is 1. The Labute approximate surface area is 327 Å². The van der Waals surface area contributed by atoms with E-state index in [2.05, 4.69) is 34.4 Å². The van der Waals surface area contributed by atoms with Gasteiger partial charge in [0.25, 0.3) is 5.91 Å². The van der Waals surface area contributed by atoms with Crippen molar-refractivity contribution in [2.75, 3.05) is 31.8 Å². The van der Waals surface area contributed by atoms with Crippen LogP contribution in [0.15, 0.2) is 73.8 Å². The van der Waals surface area contributed by atoms with Gasteiger partial charge >= 0.3 is 5.97 Å². The number of rotatable bonds is 18. The van der Waals surface area contributed by atoms with Crippen molar-refractivity contribution in [3.8, 4) is 0 Å². The number of amides is 3. The number of nitrogens with one attached hydrogen (secondary N) is 1. The van der Waals surface area contributed by atoms with E-state index in [9.17, 15) is 14.7 Å². The number of hydrogen-bond acceptors (Lipinski definition) is 8. The summed E-state index contributed by atoms with van der Waals surface area (Å²) in [5.74, 6) is -3.82. The van der Waals surface area contributed by atoms with Crippen molar-refractivity contribution in [2.45, 2.75) is 94.1 Å². The Bertz CT molecular complexity index is 1700. The molecule has 0 radical (unpaired) electrons. The average Bonchev–Trinajstić information content (AvgIpc) is 3.75. The highest BCUT2D eigenvalue weighted by molar-refractivity contribution is 9.09. The van der Waals surface area contributed by atoms with Crippen LogP contribution in [0.2, 0.25) is 0 Å². The van der Waals surface area contributed by atoms with Gasteiger partial charge in [-0.05, 0) is 61.8 Å². The maximum Gasteiger partial charge on any atom is 0.313 e. The number of esters is 1. The van der Waals surface area contributed by atoms with E-state index in [1.165, 1.54) is 12.0 Å². The number of anilines is 1. The van der Waals surface area contributed by atoms with Crippen molar-refractivity contribution in [1.82, 2.24) is 10.2 Å². The van der Waals surface area contributed by atoms with E-state index in [0.29, 0.717) is 24.1 Å². The molecule has 5 rings (SSSR count). The van der Waals surface area contributed by atoms with Gasteiger partial charge in [-0.3, -0.25) is 19.2 Å². The lowest BCUT2D eigenvalue weighted by atomic mass is 9.70. The van der Waals surface area contributed by atoms with Crippen LogP contribution in [0.3, 0.4) is 0 Å². The molecule has 0 aromatic heterocycles. The molecular formula is C42H54BrN3O8. The fourth-order valence-corrected chi connectivity index (χ4v) is 9.49. The molecular weight excluding hydrogens is 754 g/mol. The predicted octanol–water partition coefficient (Wildman–Crippen LogP) is 5.36. The molecule has 3 fully saturated rings. The molecule has 2 aromatic carbocycles. The van der Waals surface area contributed by atoms with Gasteiger partial charge in [-0.15, -0.1) is 13.2 Å². The molecule has 9 atom stereocenters. The fraction of sp³-hybridized carbons (Fsp3) is 0.524. The average molecular weight is 809 g/mol. The van der Waals surface area contributed by atoms with Gasteiger partial charge in [-0.25, -0.2) is 0 Å². The van der Waals surface area contributed by atoms with Crippen LogP contribution in [0.5, 0.6) is 0 Å². The Balaban J connectivity index is 1.58. The third-order valence-corrected chi connectivity index (χ3v) is 11.7. The molecule has 3 aliphatic heterocycles. The van der Waals surface area contributed by atoms with E-state index in [1.807, 2.05) is 64.1 Å². The number of carbonyl (C=O) groups excluding carboxylic acids is 4. The summed E-state index contributed by atoms with van der Waals surface area (Å²) in [6.07, 6.45) is 2.92. The van der Waals surface area contributed by atoms with Crippen LogP contribution < -0.4 is 10.2 Å². The minimum Gasteiger partial charge on any atom is -0.455 e. The third kappa shape index (κ3) is 8.08. The van der Waals surface area contributed by atoms with E-state index in [1.54, 1.807) is 29.2 Å². The van der Waals surface area contributed by atoms with Gasteiger partial charge in [-0.1, -0.05) is 84.4 Å². The molecule has 0 saturated carbocycles. The number of allylic oxidation sites excluding steroid dienone is 1. The summed E-state index contributed by atoms with van der Waals surface area (Å²) in [6, 6.07) is 12.3. The molecule has 3 aliphatic rings. The van der Waals surface area contributed by atoms with Gasteiger partial charge in [0.05, 0.1) is 43.2 Å². The number of benzene rings is 2. The van der Waals surface area contributed by atoms with Crippen LogP contribution in [0.1, 0.15) is 62.3 Å². The summed E-state index contributed by atoms with van der Waals surface area (Å²) in [5.41, 5.74) is 1.74. The van der Waals surface area contributed by atoms with E-state index >= 15 is 9.59 Å². The highest BCUT2D eigenvalue weighted by Gasteiger charge is 2.77. The zero-order valence-corrected chi connectivity index (χ0v) is 33.5. The van der Waals surface area contributed by atoms with E-state index in [0.717, 1.165) is 11.1 Å². The summed E-state index contributed by atoms with van der Waals surface area (Å²) in [7, 11) is 1.50. The quantitative estimate of drug-likeness (QED) is 0.117. The van der Waals surface area contributed by atoms with E-state index < -0.39 is 59.6 Å². The van der Waals surface area contributed by atoms with Crippen molar-refractivity contribution in [3.63, 3.8) is 0 Å². The number of aryl methyl sites for hydroxylation is 2.